The Morgan fingerprint density at radius 1 is 1.11 bits per heavy atom. The zero-order valence-corrected chi connectivity index (χ0v) is 10.1. The van der Waals surface area contributed by atoms with E-state index in [9.17, 15) is 13.2 Å². The van der Waals surface area contributed by atoms with Gasteiger partial charge in [0.1, 0.15) is 6.04 Å². The summed E-state index contributed by atoms with van der Waals surface area (Å²) >= 11 is 0. The summed E-state index contributed by atoms with van der Waals surface area (Å²) < 4.78 is 39.4. The van der Waals surface area contributed by atoms with Gasteiger partial charge in [-0.3, -0.25) is 4.90 Å². The highest BCUT2D eigenvalue weighted by atomic mass is 19.4. The van der Waals surface area contributed by atoms with E-state index in [2.05, 4.69) is 5.32 Å². The van der Waals surface area contributed by atoms with Crippen molar-refractivity contribution in [3.8, 4) is 0 Å². The smallest absolute Gasteiger partial charge is 0.314 e. The largest absolute Gasteiger partial charge is 0.404 e. The van der Waals surface area contributed by atoms with Gasteiger partial charge >= 0.3 is 6.18 Å². The van der Waals surface area contributed by atoms with Crippen LogP contribution in [-0.2, 0) is 6.42 Å². The molecule has 1 aromatic carbocycles. The summed E-state index contributed by atoms with van der Waals surface area (Å²) in [6, 6.07) is 7.50. The van der Waals surface area contributed by atoms with Crippen LogP contribution in [-0.4, -0.2) is 43.3 Å². The second kappa shape index (κ2) is 5.71. The van der Waals surface area contributed by atoms with Gasteiger partial charge in [0.05, 0.1) is 0 Å². The minimum absolute atomic E-state index is 0.0321. The maximum atomic E-state index is 13.1. The summed E-state index contributed by atoms with van der Waals surface area (Å²) in [5, 5.41) is 3.08. The summed E-state index contributed by atoms with van der Waals surface area (Å²) in [6.07, 6.45) is -4.14. The molecule has 1 fully saturated rings. The lowest BCUT2D eigenvalue weighted by molar-refractivity contribution is -0.184. The van der Waals surface area contributed by atoms with E-state index in [0.717, 1.165) is 5.56 Å². The van der Waals surface area contributed by atoms with E-state index in [0.29, 0.717) is 26.2 Å². The van der Waals surface area contributed by atoms with Gasteiger partial charge in [-0.15, -0.1) is 0 Å². The quantitative estimate of drug-likeness (QED) is 0.893. The van der Waals surface area contributed by atoms with Crippen LogP contribution in [0.2, 0.25) is 0 Å². The van der Waals surface area contributed by atoms with Crippen LogP contribution < -0.4 is 5.32 Å². The highest BCUT2D eigenvalue weighted by Crippen LogP contribution is 2.28. The first kappa shape index (κ1) is 13.4. The summed E-state index contributed by atoms with van der Waals surface area (Å²) in [7, 11) is 0. The molecule has 0 aliphatic carbocycles. The average Bonchev–Trinajstić information content (AvgIpc) is 2.37. The van der Waals surface area contributed by atoms with Gasteiger partial charge in [-0.1, -0.05) is 30.3 Å². The minimum atomic E-state index is -4.17. The number of nitrogens with zero attached hydrogens (tertiary/aromatic N) is 1. The molecule has 2 nitrogen and oxygen atoms in total. The number of hydrogen-bond donors (Lipinski definition) is 1. The number of halogens is 3. The van der Waals surface area contributed by atoms with Gasteiger partial charge in [0, 0.05) is 26.2 Å². The van der Waals surface area contributed by atoms with Crippen molar-refractivity contribution in [1.29, 1.82) is 0 Å². The molecule has 1 heterocycles. The molecule has 1 N–H and O–H groups in total. The Labute approximate surface area is 105 Å². The molecule has 18 heavy (non-hydrogen) atoms. The van der Waals surface area contributed by atoms with Crippen LogP contribution in [0.15, 0.2) is 30.3 Å². The predicted octanol–water partition coefficient (Wildman–Crippen LogP) is 2.07. The topological polar surface area (TPSA) is 15.3 Å². The zero-order valence-electron chi connectivity index (χ0n) is 10.1. The molecule has 0 bridgehead atoms. The molecule has 1 unspecified atom stereocenters. The van der Waals surface area contributed by atoms with Gasteiger partial charge in [0.25, 0.3) is 0 Å². The number of alkyl halides is 3. The fourth-order valence-electron chi connectivity index (χ4n) is 2.28. The van der Waals surface area contributed by atoms with Crippen molar-refractivity contribution >= 4 is 0 Å². The molecule has 0 spiro atoms. The van der Waals surface area contributed by atoms with E-state index >= 15 is 0 Å². The normalized spacial score (nSPS) is 19.7. The van der Waals surface area contributed by atoms with E-state index in [1.165, 1.54) is 4.90 Å². The number of nitrogens with one attached hydrogen (secondary N) is 1. The van der Waals surface area contributed by atoms with Crippen LogP contribution in [0.1, 0.15) is 5.56 Å². The molecule has 0 radical (unpaired) electrons. The summed E-state index contributed by atoms with van der Waals surface area (Å²) in [5.41, 5.74) is 0.735. The van der Waals surface area contributed by atoms with Gasteiger partial charge in [-0.25, -0.2) is 0 Å². The van der Waals surface area contributed by atoms with E-state index in [1.54, 1.807) is 24.3 Å². The Hall–Kier alpha value is -1.07. The molecule has 1 saturated heterocycles. The molecule has 1 aromatic rings. The van der Waals surface area contributed by atoms with Gasteiger partial charge in [-0.2, -0.15) is 13.2 Å². The van der Waals surface area contributed by atoms with E-state index in [1.807, 2.05) is 6.07 Å². The van der Waals surface area contributed by atoms with Crippen LogP contribution in [0.4, 0.5) is 13.2 Å². The Kier molecular flexibility index (Phi) is 4.24. The molecule has 0 amide bonds. The second-order valence-corrected chi connectivity index (χ2v) is 4.53. The van der Waals surface area contributed by atoms with Crippen LogP contribution in [0.5, 0.6) is 0 Å². The second-order valence-electron chi connectivity index (χ2n) is 4.53. The number of hydrogen-bond acceptors (Lipinski definition) is 2. The fourth-order valence-corrected chi connectivity index (χ4v) is 2.28. The SMILES string of the molecule is FC(F)(F)C(Cc1ccccc1)N1CCNCC1. The van der Waals surface area contributed by atoms with Crippen LogP contribution in [0, 0.1) is 0 Å². The van der Waals surface area contributed by atoms with Crippen molar-refractivity contribution < 1.29 is 13.2 Å². The standard InChI is InChI=1S/C13H17F3N2/c14-13(15,16)12(18-8-6-17-7-9-18)10-11-4-2-1-3-5-11/h1-5,12,17H,6-10H2. The Bertz CT molecular complexity index is 358. The molecule has 1 aliphatic heterocycles. The van der Waals surface area contributed by atoms with Gasteiger partial charge < -0.3 is 5.32 Å². The maximum Gasteiger partial charge on any atom is 0.404 e. The molecule has 1 aliphatic rings. The van der Waals surface area contributed by atoms with E-state index in [-0.39, 0.29) is 6.42 Å². The highest BCUT2D eigenvalue weighted by Gasteiger charge is 2.43. The molecular weight excluding hydrogens is 241 g/mol. The first-order chi connectivity index (χ1) is 8.57. The molecule has 5 heteroatoms. The van der Waals surface area contributed by atoms with Crippen molar-refractivity contribution in [2.24, 2.45) is 0 Å². The summed E-state index contributed by atoms with van der Waals surface area (Å²) in [6.45, 7) is 2.16. The van der Waals surface area contributed by atoms with E-state index < -0.39 is 12.2 Å². The predicted molar refractivity (Wildman–Crippen MR) is 64.4 cm³/mol. The van der Waals surface area contributed by atoms with Crippen LogP contribution >= 0.6 is 0 Å². The summed E-state index contributed by atoms with van der Waals surface area (Å²) in [5.74, 6) is 0. The van der Waals surface area contributed by atoms with E-state index in [4.69, 9.17) is 0 Å². The average molecular weight is 258 g/mol. The lowest BCUT2D eigenvalue weighted by Gasteiger charge is -2.36. The Balaban J connectivity index is 2.10. The molecule has 1 atom stereocenters. The number of benzene rings is 1. The highest BCUT2D eigenvalue weighted by molar-refractivity contribution is 5.16. The molecule has 0 aromatic heterocycles. The van der Waals surface area contributed by atoms with Crippen molar-refractivity contribution in [3.05, 3.63) is 35.9 Å². The van der Waals surface area contributed by atoms with Crippen molar-refractivity contribution in [3.63, 3.8) is 0 Å². The lowest BCUT2D eigenvalue weighted by atomic mass is 10.0. The van der Waals surface area contributed by atoms with Gasteiger partial charge in [0.15, 0.2) is 0 Å². The monoisotopic (exact) mass is 258 g/mol. The van der Waals surface area contributed by atoms with Crippen molar-refractivity contribution in [1.82, 2.24) is 10.2 Å². The Morgan fingerprint density at radius 2 is 1.72 bits per heavy atom. The molecule has 0 saturated carbocycles. The lowest BCUT2D eigenvalue weighted by Crippen LogP contribution is -2.54. The van der Waals surface area contributed by atoms with Gasteiger partial charge in [0.2, 0.25) is 0 Å². The molecule has 2 rings (SSSR count). The minimum Gasteiger partial charge on any atom is -0.314 e. The van der Waals surface area contributed by atoms with Crippen molar-refractivity contribution in [2.45, 2.75) is 18.6 Å². The Morgan fingerprint density at radius 3 is 2.28 bits per heavy atom. The molecule has 100 valence electrons. The number of rotatable bonds is 3. The third-order valence-corrected chi connectivity index (χ3v) is 3.24. The van der Waals surface area contributed by atoms with Crippen LogP contribution in [0.25, 0.3) is 0 Å². The summed E-state index contributed by atoms with van der Waals surface area (Å²) in [4.78, 5) is 1.53. The van der Waals surface area contributed by atoms with Gasteiger partial charge in [-0.05, 0) is 12.0 Å². The van der Waals surface area contributed by atoms with Crippen LogP contribution in [0.3, 0.4) is 0 Å². The maximum absolute atomic E-state index is 13.1. The van der Waals surface area contributed by atoms with Crippen molar-refractivity contribution in [2.75, 3.05) is 26.2 Å². The third-order valence-electron chi connectivity index (χ3n) is 3.24. The zero-order chi connectivity index (χ0) is 13.0. The number of piperazine rings is 1. The molecular formula is C13H17F3N2. The first-order valence-corrected chi connectivity index (χ1v) is 6.13. The third kappa shape index (κ3) is 3.46. The fraction of sp³-hybridized carbons (Fsp3) is 0.538. The first-order valence-electron chi connectivity index (χ1n) is 6.13.